The van der Waals surface area contributed by atoms with E-state index in [-0.39, 0.29) is 17.6 Å². The molecule has 0 fully saturated rings. The summed E-state index contributed by atoms with van der Waals surface area (Å²) < 4.78 is 26.6. The van der Waals surface area contributed by atoms with Gasteiger partial charge in [0, 0.05) is 6.54 Å². The van der Waals surface area contributed by atoms with Crippen LogP contribution in [0.15, 0.2) is 42.5 Å². The van der Waals surface area contributed by atoms with Gasteiger partial charge in [-0.25, -0.2) is 8.78 Å². The molecule has 0 saturated heterocycles. The van der Waals surface area contributed by atoms with E-state index >= 15 is 0 Å². The summed E-state index contributed by atoms with van der Waals surface area (Å²) in [5.74, 6) is -4.24. The number of hydrogen-bond acceptors (Lipinski definition) is 2. The lowest BCUT2D eigenvalue weighted by Crippen LogP contribution is -2.36. The third kappa shape index (κ3) is 5.12. The van der Waals surface area contributed by atoms with Crippen LogP contribution in [0.2, 0.25) is 0 Å². The minimum absolute atomic E-state index is 0.0665. The molecule has 0 aromatic heterocycles. The number of anilines is 1. The molecule has 2 rings (SSSR count). The van der Waals surface area contributed by atoms with Crippen LogP contribution in [-0.2, 0) is 21.4 Å². The van der Waals surface area contributed by atoms with Gasteiger partial charge in [-0.1, -0.05) is 51.1 Å². The van der Waals surface area contributed by atoms with Gasteiger partial charge < -0.3 is 10.6 Å². The van der Waals surface area contributed by atoms with Gasteiger partial charge in [0.2, 0.25) is 0 Å². The third-order valence-corrected chi connectivity index (χ3v) is 3.93. The lowest BCUT2D eigenvalue weighted by atomic mass is 9.86. The van der Waals surface area contributed by atoms with Crippen molar-refractivity contribution in [2.75, 3.05) is 11.9 Å². The van der Waals surface area contributed by atoms with E-state index in [0.29, 0.717) is 6.42 Å². The highest BCUT2D eigenvalue weighted by Crippen LogP contribution is 2.22. The van der Waals surface area contributed by atoms with Crippen molar-refractivity contribution < 1.29 is 18.4 Å². The Morgan fingerprint density at radius 1 is 0.962 bits per heavy atom. The van der Waals surface area contributed by atoms with Crippen molar-refractivity contribution >= 4 is 17.5 Å². The first kappa shape index (κ1) is 19.6. The summed E-state index contributed by atoms with van der Waals surface area (Å²) in [5.41, 5.74) is 1.93. The first-order chi connectivity index (χ1) is 12.2. The Morgan fingerprint density at radius 2 is 1.62 bits per heavy atom. The average molecular weight is 360 g/mol. The highest BCUT2D eigenvalue weighted by molar-refractivity contribution is 6.39. The number of carbonyl (C=O) groups excluding carboxylic acids is 2. The molecule has 6 heteroatoms. The molecule has 138 valence electrons. The Hall–Kier alpha value is -2.76. The predicted molar refractivity (Wildman–Crippen MR) is 96.8 cm³/mol. The van der Waals surface area contributed by atoms with Crippen molar-refractivity contribution in [1.29, 1.82) is 0 Å². The van der Waals surface area contributed by atoms with Crippen LogP contribution in [0.5, 0.6) is 0 Å². The van der Waals surface area contributed by atoms with E-state index in [1.807, 2.05) is 24.3 Å². The summed E-state index contributed by atoms with van der Waals surface area (Å²) in [6, 6.07) is 11.4. The van der Waals surface area contributed by atoms with Crippen LogP contribution in [0.4, 0.5) is 14.5 Å². The second-order valence-electron chi connectivity index (χ2n) is 7.01. The number of hydrogen-bond donors (Lipinski definition) is 2. The molecule has 4 nitrogen and oxygen atoms in total. The molecule has 0 atom stereocenters. The largest absolute Gasteiger partial charge is 0.347 e. The maximum Gasteiger partial charge on any atom is 0.313 e. The van der Waals surface area contributed by atoms with E-state index in [4.69, 9.17) is 0 Å². The average Bonchev–Trinajstić information content (AvgIpc) is 2.58. The van der Waals surface area contributed by atoms with Crippen molar-refractivity contribution in [3.8, 4) is 0 Å². The predicted octanol–water partition coefficient (Wildman–Crippen LogP) is 3.56. The van der Waals surface area contributed by atoms with Gasteiger partial charge in [-0.3, -0.25) is 9.59 Å². The second kappa shape index (κ2) is 8.08. The minimum Gasteiger partial charge on any atom is -0.347 e. The van der Waals surface area contributed by atoms with Crippen LogP contribution < -0.4 is 10.6 Å². The number of benzene rings is 2. The summed E-state index contributed by atoms with van der Waals surface area (Å²) in [5, 5.41) is 4.52. The Labute approximate surface area is 151 Å². The van der Waals surface area contributed by atoms with Gasteiger partial charge in [-0.05, 0) is 35.1 Å². The summed E-state index contributed by atoms with van der Waals surface area (Å²) in [7, 11) is 0. The monoisotopic (exact) mass is 360 g/mol. The quantitative estimate of drug-likeness (QED) is 0.819. The Kier molecular flexibility index (Phi) is 6.08. The van der Waals surface area contributed by atoms with E-state index in [2.05, 4.69) is 31.4 Å². The maximum absolute atomic E-state index is 13.5. The van der Waals surface area contributed by atoms with Crippen molar-refractivity contribution in [2.45, 2.75) is 32.6 Å². The zero-order chi connectivity index (χ0) is 19.3. The standard InChI is InChI=1S/C20H22F2N2O2/c1-20(2,3)14-9-7-13(8-10-14)11-12-23-18(25)19(26)24-16-6-4-5-15(21)17(16)22/h4-10H,11-12H2,1-3H3,(H,23,25)(H,24,26). The highest BCUT2D eigenvalue weighted by Gasteiger charge is 2.17. The van der Waals surface area contributed by atoms with Gasteiger partial charge in [-0.15, -0.1) is 0 Å². The Balaban J connectivity index is 1.84. The van der Waals surface area contributed by atoms with E-state index < -0.39 is 23.4 Å². The van der Waals surface area contributed by atoms with Gasteiger partial charge in [0.05, 0.1) is 5.69 Å². The molecular weight excluding hydrogens is 338 g/mol. The molecule has 0 aliphatic rings. The first-order valence-electron chi connectivity index (χ1n) is 8.31. The van der Waals surface area contributed by atoms with Gasteiger partial charge in [0.15, 0.2) is 11.6 Å². The van der Waals surface area contributed by atoms with Crippen LogP contribution >= 0.6 is 0 Å². The van der Waals surface area contributed by atoms with Crippen molar-refractivity contribution in [1.82, 2.24) is 5.32 Å². The summed E-state index contributed by atoms with van der Waals surface area (Å²) in [6.07, 6.45) is 0.553. The molecule has 0 spiro atoms. The van der Waals surface area contributed by atoms with Crippen molar-refractivity contribution in [3.05, 3.63) is 65.2 Å². The molecule has 2 aromatic carbocycles. The Bertz CT molecular complexity index is 796. The lowest BCUT2D eigenvalue weighted by Gasteiger charge is -2.19. The lowest BCUT2D eigenvalue weighted by molar-refractivity contribution is -0.136. The number of carbonyl (C=O) groups is 2. The van der Waals surface area contributed by atoms with Crippen molar-refractivity contribution in [3.63, 3.8) is 0 Å². The maximum atomic E-state index is 13.5. The molecule has 0 heterocycles. The van der Waals surface area contributed by atoms with E-state index in [1.165, 1.54) is 17.7 Å². The summed E-state index contributed by atoms with van der Waals surface area (Å²) in [6.45, 7) is 6.64. The fraction of sp³-hybridized carbons (Fsp3) is 0.300. The molecule has 2 aromatic rings. The molecule has 2 amide bonds. The fourth-order valence-electron chi connectivity index (χ4n) is 2.35. The smallest absolute Gasteiger partial charge is 0.313 e. The molecule has 0 saturated carbocycles. The number of amides is 2. The van der Waals surface area contributed by atoms with Gasteiger partial charge in [0.1, 0.15) is 0 Å². The molecule has 0 aliphatic carbocycles. The number of halogens is 2. The molecule has 0 bridgehead atoms. The van der Waals surface area contributed by atoms with Gasteiger partial charge in [0.25, 0.3) is 0 Å². The zero-order valence-corrected chi connectivity index (χ0v) is 15.0. The Morgan fingerprint density at radius 3 is 2.23 bits per heavy atom. The molecule has 2 N–H and O–H groups in total. The zero-order valence-electron chi connectivity index (χ0n) is 15.0. The van der Waals surface area contributed by atoms with Gasteiger partial charge in [-0.2, -0.15) is 0 Å². The van der Waals surface area contributed by atoms with Crippen molar-refractivity contribution in [2.24, 2.45) is 0 Å². The summed E-state index contributed by atoms with van der Waals surface area (Å²) in [4.78, 5) is 23.5. The molecule has 0 aliphatic heterocycles. The van der Waals surface area contributed by atoms with E-state index in [1.54, 1.807) is 0 Å². The number of nitrogens with one attached hydrogen (secondary N) is 2. The van der Waals surface area contributed by atoms with Crippen LogP contribution in [0.3, 0.4) is 0 Å². The second-order valence-corrected chi connectivity index (χ2v) is 7.01. The SMILES string of the molecule is CC(C)(C)c1ccc(CCNC(=O)C(=O)Nc2cccc(F)c2F)cc1. The first-order valence-corrected chi connectivity index (χ1v) is 8.31. The molecule has 26 heavy (non-hydrogen) atoms. The highest BCUT2D eigenvalue weighted by atomic mass is 19.2. The summed E-state index contributed by atoms with van der Waals surface area (Å²) >= 11 is 0. The van der Waals surface area contributed by atoms with Crippen LogP contribution in [0.25, 0.3) is 0 Å². The van der Waals surface area contributed by atoms with Crippen LogP contribution in [-0.4, -0.2) is 18.4 Å². The molecule has 0 unspecified atom stereocenters. The van der Waals surface area contributed by atoms with Crippen LogP contribution in [0.1, 0.15) is 31.9 Å². The third-order valence-electron chi connectivity index (χ3n) is 3.93. The fourth-order valence-corrected chi connectivity index (χ4v) is 2.35. The topological polar surface area (TPSA) is 58.2 Å². The number of rotatable bonds is 4. The van der Waals surface area contributed by atoms with E-state index in [0.717, 1.165) is 11.6 Å². The van der Waals surface area contributed by atoms with Crippen LogP contribution in [0, 0.1) is 11.6 Å². The minimum atomic E-state index is -1.20. The molecule has 0 radical (unpaired) electrons. The van der Waals surface area contributed by atoms with Gasteiger partial charge >= 0.3 is 11.8 Å². The molecular formula is C20H22F2N2O2. The van der Waals surface area contributed by atoms with E-state index in [9.17, 15) is 18.4 Å². The normalized spacial score (nSPS) is 11.1.